The molecule has 0 spiro atoms. The number of ether oxygens (including phenoxy) is 2. The van der Waals surface area contributed by atoms with E-state index >= 15 is 0 Å². The predicted octanol–water partition coefficient (Wildman–Crippen LogP) is 4.87. The summed E-state index contributed by atoms with van der Waals surface area (Å²) in [4.78, 5) is 30.7. The summed E-state index contributed by atoms with van der Waals surface area (Å²) >= 11 is 0. The number of esters is 1. The molecule has 2 aliphatic heterocycles. The lowest BCUT2D eigenvalue weighted by molar-refractivity contribution is -0.211. The number of aryl methyl sites for hydroxylation is 1. The van der Waals surface area contributed by atoms with E-state index in [9.17, 15) is 23.1 Å². The molecule has 5 atom stereocenters. The van der Waals surface area contributed by atoms with E-state index in [4.69, 9.17) is 24.0 Å². The SMILES string of the molecule is CCc1cc([C@H]2O[C@@H](n3cnc4c(NCC(c5ccccc5)c5ccccc5)nc(N5CC[C@@H](N(C)C)C5)nc43)[C@H](OC(=O)C(F)(F)F)[C@@H]2O)on1. The van der Waals surface area contributed by atoms with Gasteiger partial charge in [0.1, 0.15) is 6.10 Å². The number of carbonyl (C=O) groups is 1. The van der Waals surface area contributed by atoms with E-state index in [1.807, 2.05) is 62.3 Å². The van der Waals surface area contributed by atoms with E-state index < -0.39 is 36.7 Å². The van der Waals surface area contributed by atoms with Gasteiger partial charge < -0.3 is 34.2 Å². The number of anilines is 2. The van der Waals surface area contributed by atoms with Crippen LogP contribution in [0.25, 0.3) is 11.2 Å². The van der Waals surface area contributed by atoms with Crippen molar-refractivity contribution in [2.45, 2.75) is 62.4 Å². The van der Waals surface area contributed by atoms with Crippen molar-refractivity contribution in [1.29, 1.82) is 0 Å². The number of nitrogens with zero attached hydrogens (tertiary/aromatic N) is 7. The predicted molar refractivity (Wildman–Crippen MR) is 184 cm³/mol. The number of alkyl halides is 3. The fraction of sp³-hybridized carbons (Fsp3) is 0.417. The van der Waals surface area contributed by atoms with E-state index in [0.717, 1.165) is 17.5 Å². The Kier molecular flexibility index (Phi) is 9.87. The summed E-state index contributed by atoms with van der Waals surface area (Å²) in [5.41, 5.74) is 3.22. The minimum atomic E-state index is -5.32. The standard InChI is InChI=1S/C36H39F3N8O5/c1-4-23-17-26(52-44-23)29-28(48)30(51-34(49)36(37,38)39)33(50-29)47-20-41-27-31(42-35(43-32(27)47)46-16-15-24(19-46)45(2)3)40-18-25(21-11-7-5-8-12-21)22-13-9-6-10-14-22/h5-14,17,20,24-25,28-30,33,48H,4,15-16,18-19H2,1-3H3,(H,40,42,43)/t24-,28-,29-,30-,33-/m1/s1. The fourth-order valence-corrected chi connectivity index (χ4v) is 6.75. The van der Waals surface area contributed by atoms with Crippen LogP contribution in [0.5, 0.6) is 0 Å². The van der Waals surface area contributed by atoms with Gasteiger partial charge in [-0.15, -0.1) is 0 Å². The molecule has 0 unspecified atom stereocenters. The maximum Gasteiger partial charge on any atom is 0.490 e. The summed E-state index contributed by atoms with van der Waals surface area (Å²) in [6.07, 6.45) is -8.96. The molecule has 5 heterocycles. The van der Waals surface area contributed by atoms with Crippen molar-refractivity contribution in [3.05, 3.63) is 95.6 Å². The summed E-state index contributed by atoms with van der Waals surface area (Å²) in [6.45, 7) is 3.56. The normalized spacial score (nSPS) is 22.2. The van der Waals surface area contributed by atoms with E-state index in [1.165, 1.54) is 17.0 Å². The number of rotatable bonds is 11. The molecule has 2 N–H and O–H groups in total. The summed E-state index contributed by atoms with van der Waals surface area (Å²) < 4.78 is 58.3. The number of halogens is 3. The number of imidazole rings is 1. The third kappa shape index (κ3) is 7.05. The Morgan fingerprint density at radius 3 is 2.38 bits per heavy atom. The monoisotopic (exact) mass is 720 g/mol. The molecular formula is C36H39F3N8O5. The number of likely N-dealkylation sites (N-methyl/N-ethyl adjacent to an activating group) is 1. The molecule has 7 rings (SSSR count). The molecule has 0 aliphatic carbocycles. The van der Waals surface area contributed by atoms with Crippen molar-refractivity contribution in [3.63, 3.8) is 0 Å². The molecule has 13 nitrogen and oxygen atoms in total. The van der Waals surface area contributed by atoms with Gasteiger partial charge >= 0.3 is 12.1 Å². The minimum Gasteiger partial charge on any atom is -0.448 e. The second kappa shape index (κ2) is 14.5. The molecule has 0 bridgehead atoms. The number of carbonyl (C=O) groups excluding carboxylic acids is 1. The molecule has 2 fully saturated rings. The van der Waals surface area contributed by atoms with Crippen molar-refractivity contribution in [1.82, 2.24) is 29.6 Å². The lowest BCUT2D eigenvalue weighted by atomic mass is 9.91. The molecule has 16 heteroatoms. The van der Waals surface area contributed by atoms with Crippen LogP contribution < -0.4 is 10.2 Å². The van der Waals surface area contributed by atoms with Gasteiger partial charge in [0.2, 0.25) is 5.95 Å². The largest absolute Gasteiger partial charge is 0.490 e. The number of benzene rings is 2. The second-order valence-corrected chi connectivity index (χ2v) is 13.2. The average molecular weight is 721 g/mol. The summed E-state index contributed by atoms with van der Waals surface area (Å²) in [6, 6.07) is 21.9. The van der Waals surface area contributed by atoms with Crippen LogP contribution in [0.15, 0.2) is 77.6 Å². The highest BCUT2D eigenvalue weighted by atomic mass is 19.4. The van der Waals surface area contributed by atoms with E-state index in [-0.39, 0.29) is 23.4 Å². The van der Waals surface area contributed by atoms with Crippen LogP contribution in [-0.2, 0) is 20.7 Å². The van der Waals surface area contributed by atoms with Gasteiger partial charge in [0.25, 0.3) is 0 Å². The first-order valence-corrected chi connectivity index (χ1v) is 17.1. The van der Waals surface area contributed by atoms with E-state index in [2.05, 4.69) is 44.6 Å². The van der Waals surface area contributed by atoms with Gasteiger partial charge in [0, 0.05) is 37.7 Å². The van der Waals surface area contributed by atoms with Crippen molar-refractivity contribution in [2.24, 2.45) is 0 Å². The molecule has 5 aromatic rings. The lowest BCUT2D eigenvalue weighted by Gasteiger charge is -2.24. The molecule has 0 amide bonds. The van der Waals surface area contributed by atoms with Crippen LogP contribution >= 0.6 is 0 Å². The van der Waals surface area contributed by atoms with Crippen LogP contribution in [0.3, 0.4) is 0 Å². The Labute approximate surface area is 297 Å². The third-order valence-electron chi connectivity index (χ3n) is 9.65. The molecule has 2 saturated heterocycles. The summed E-state index contributed by atoms with van der Waals surface area (Å²) in [5, 5.41) is 18.7. The van der Waals surface area contributed by atoms with Crippen LogP contribution in [0.4, 0.5) is 24.9 Å². The maximum absolute atomic E-state index is 13.5. The molecule has 2 aliphatic rings. The number of fused-ring (bicyclic) bond motifs is 1. The van der Waals surface area contributed by atoms with Crippen LogP contribution in [0.2, 0.25) is 0 Å². The zero-order chi connectivity index (χ0) is 36.6. The van der Waals surface area contributed by atoms with E-state index in [1.54, 1.807) is 0 Å². The molecule has 52 heavy (non-hydrogen) atoms. The number of aromatic nitrogens is 5. The first-order valence-electron chi connectivity index (χ1n) is 17.1. The van der Waals surface area contributed by atoms with Gasteiger partial charge in [0.15, 0.2) is 41.2 Å². The first-order chi connectivity index (χ1) is 25.0. The number of hydrogen-bond donors (Lipinski definition) is 2. The summed E-state index contributed by atoms with van der Waals surface area (Å²) in [5.74, 6) is -1.71. The third-order valence-corrected chi connectivity index (χ3v) is 9.65. The molecule has 3 aromatic heterocycles. The number of nitrogens with one attached hydrogen (secondary N) is 1. The van der Waals surface area contributed by atoms with Crippen molar-refractivity contribution in [3.8, 4) is 0 Å². The Morgan fingerprint density at radius 1 is 1.10 bits per heavy atom. The van der Waals surface area contributed by atoms with Gasteiger partial charge in [-0.05, 0) is 38.1 Å². The van der Waals surface area contributed by atoms with Gasteiger partial charge in [-0.2, -0.15) is 23.1 Å². The highest BCUT2D eigenvalue weighted by Gasteiger charge is 2.53. The van der Waals surface area contributed by atoms with Crippen LogP contribution in [-0.4, -0.2) is 98.8 Å². The van der Waals surface area contributed by atoms with Crippen molar-refractivity contribution < 1.29 is 37.1 Å². The van der Waals surface area contributed by atoms with Crippen LogP contribution in [0, 0.1) is 0 Å². The fourth-order valence-electron chi connectivity index (χ4n) is 6.75. The highest BCUT2D eigenvalue weighted by molar-refractivity contribution is 5.84. The Hall–Kier alpha value is -5.06. The zero-order valence-corrected chi connectivity index (χ0v) is 28.8. The Balaban J connectivity index is 1.30. The second-order valence-electron chi connectivity index (χ2n) is 13.2. The Bertz CT molecular complexity index is 1950. The topological polar surface area (TPSA) is 144 Å². The molecule has 2 aromatic carbocycles. The average Bonchev–Trinajstić information content (AvgIpc) is 3.95. The quantitative estimate of drug-likeness (QED) is 0.180. The first kappa shape index (κ1) is 35.3. The van der Waals surface area contributed by atoms with Crippen molar-refractivity contribution in [2.75, 3.05) is 43.9 Å². The van der Waals surface area contributed by atoms with Crippen molar-refractivity contribution >= 4 is 28.9 Å². The number of aliphatic hydroxyl groups excluding tert-OH is 1. The lowest BCUT2D eigenvalue weighted by Crippen LogP contribution is -2.38. The molecular weight excluding hydrogens is 681 g/mol. The zero-order valence-electron chi connectivity index (χ0n) is 28.8. The van der Waals surface area contributed by atoms with E-state index in [0.29, 0.717) is 49.0 Å². The Morgan fingerprint density at radius 2 is 1.79 bits per heavy atom. The number of hydrogen-bond acceptors (Lipinski definition) is 12. The number of aliphatic hydroxyl groups is 1. The molecule has 274 valence electrons. The van der Waals surface area contributed by atoms with Gasteiger partial charge in [-0.1, -0.05) is 72.7 Å². The maximum atomic E-state index is 13.5. The van der Waals surface area contributed by atoms with Gasteiger partial charge in [-0.25, -0.2) is 9.78 Å². The smallest absolute Gasteiger partial charge is 0.448 e. The minimum absolute atomic E-state index is 0.0710. The summed E-state index contributed by atoms with van der Waals surface area (Å²) in [7, 11) is 4.01. The van der Waals surface area contributed by atoms with Crippen LogP contribution in [0.1, 0.15) is 54.2 Å². The molecule has 0 saturated carbocycles. The van der Waals surface area contributed by atoms with Gasteiger partial charge in [0.05, 0.1) is 12.0 Å². The van der Waals surface area contributed by atoms with Gasteiger partial charge in [-0.3, -0.25) is 4.57 Å². The highest BCUT2D eigenvalue weighted by Crippen LogP contribution is 2.43. The molecule has 0 radical (unpaired) electrons.